The molecule has 0 N–H and O–H groups in total. The lowest BCUT2D eigenvalue weighted by atomic mass is 10.1. The standard InChI is InChI=1S/C14H21N2/c1-12-7-6-8-13(11-12)14(16(4)5)9-10-15(2)3/h6-11H,1-5H3/q+1. The molecule has 0 spiro atoms. The summed E-state index contributed by atoms with van der Waals surface area (Å²) in [6.45, 7) is 2.12. The van der Waals surface area contributed by atoms with Crippen LogP contribution in [-0.4, -0.2) is 43.9 Å². The van der Waals surface area contributed by atoms with Crippen LogP contribution in [0, 0.1) is 6.92 Å². The molecular formula is C14H21N2+. The molecule has 86 valence electrons. The van der Waals surface area contributed by atoms with E-state index >= 15 is 0 Å². The van der Waals surface area contributed by atoms with Crippen LogP contribution in [0.5, 0.6) is 0 Å². The molecule has 0 aromatic heterocycles. The van der Waals surface area contributed by atoms with Gasteiger partial charge in [0.15, 0.2) is 6.21 Å². The highest BCUT2D eigenvalue weighted by Crippen LogP contribution is 2.16. The van der Waals surface area contributed by atoms with Gasteiger partial charge >= 0.3 is 0 Å². The number of allylic oxidation sites excluding steroid dienone is 1. The molecule has 0 fully saturated rings. The Bertz CT molecular complexity index is 410. The first kappa shape index (κ1) is 12.5. The molecule has 1 aromatic carbocycles. The number of rotatable bonds is 3. The third-order valence-corrected chi connectivity index (χ3v) is 2.33. The van der Waals surface area contributed by atoms with Gasteiger partial charge in [0, 0.05) is 25.9 Å². The van der Waals surface area contributed by atoms with Gasteiger partial charge in [-0.05, 0) is 18.6 Å². The second kappa shape index (κ2) is 5.50. The summed E-state index contributed by atoms with van der Waals surface area (Å²) >= 11 is 0. The van der Waals surface area contributed by atoms with Crippen molar-refractivity contribution in [3.05, 3.63) is 41.5 Å². The zero-order valence-corrected chi connectivity index (χ0v) is 10.9. The van der Waals surface area contributed by atoms with Crippen LogP contribution in [0.4, 0.5) is 0 Å². The van der Waals surface area contributed by atoms with Gasteiger partial charge in [0.05, 0.1) is 0 Å². The van der Waals surface area contributed by atoms with Gasteiger partial charge in [0.1, 0.15) is 14.1 Å². The summed E-state index contributed by atoms with van der Waals surface area (Å²) in [7, 11) is 8.19. The van der Waals surface area contributed by atoms with E-state index in [2.05, 4.69) is 62.5 Å². The highest BCUT2D eigenvalue weighted by molar-refractivity contribution is 5.81. The van der Waals surface area contributed by atoms with E-state index in [9.17, 15) is 0 Å². The first-order valence-corrected chi connectivity index (χ1v) is 5.46. The SMILES string of the molecule is Cc1cccc(/C(=C\C=[N+](C)C)N(C)C)c1. The molecule has 0 unspecified atom stereocenters. The van der Waals surface area contributed by atoms with E-state index in [0.717, 1.165) is 0 Å². The zero-order chi connectivity index (χ0) is 12.1. The van der Waals surface area contributed by atoms with Crippen LogP contribution in [0.1, 0.15) is 11.1 Å². The van der Waals surface area contributed by atoms with Crippen molar-refractivity contribution in [3.8, 4) is 0 Å². The van der Waals surface area contributed by atoms with Crippen LogP contribution in [0.2, 0.25) is 0 Å². The minimum atomic E-state index is 1.22. The second-order valence-electron chi connectivity index (χ2n) is 4.43. The van der Waals surface area contributed by atoms with E-state index in [1.807, 2.05) is 18.7 Å². The maximum absolute atomic E-state index is 2.20. The van der Waals surface area contributed by atoms with Crippen molar-refractivity contribution in [1.82, 2.24) is 4.90 Å². The highest BCUT2D eigenvalue weighted by Gasteiger charge is 2.03. The maximum atomic E-state index is 2.20. The molecule has 0 atom stereocenters. The molecule has 1 aromatic rings. The Kier molecular flexibility index (Phi) is 4.29. The summed E-state index contributed by atoms with van der Waals surface area (Å²) in [6, 6.07) is 8.56. The molecule has 0 amide bonds. The number of nitrogens with zero attached hydrogens (tertiary/aromatic N) is 2. The third-order valence-electron chi connectivity index (χ3n) is 2.33. The summed E-state index contributed by atoms with van der Waals surface area (Å²) in [6.07, 6.45) is 4.20. The van der Waals surface area contributed by atoms with Gasteiger partial charge in [-0.3, -0.25) is 0 Å². The molecule has 16 heavy (non-hydrogen) atoms. The fourth-order valence-corrected chi connectivity index (χ4v) is 1.53. The lowest BCUT2D eigenvalue weighted by Gasteiger charge is -2.17. The summed E-state index contributed by atoms with van der Waals surface area (Å²) in [5.74, 6) is 0. The molecular weight excluding hydrogens is 196 g/mol. The average Bonchev–Trinajstić information content (AvgIpc) is 2.17. The van der Waals surface area contributed by atoms with Gasteiger partial charge in [-0.25, -0.2) is 4.58 Å². The van der Waals surface area contributed by atoms with Crippen molar-refractivity contribution < 1.29 is 4.58 Å². The van der Waals surface area contributed by atoms with E-state index in [0.29, 0.717) is 0 Å². The van der Waals surface area contributed by atoms with Gasteiger partial charge < -0.3 is 4.90 Å². The van der Waals surface area contributed by atoms with Crippen LogP contribution in [0.25, 0.3) is 5.70 Å². The fraction of sp³-hybridized carbons (Fsp3) is 0.357. The van der Waals surface area contributed by atoms with Gasteiger partial charge in [-0.2, -0.15) is 0 Å². The summed E-state index contributed by atoms with van der Waals surface area (Å²) in [4.78, 5) is 2.13. The van der Waals surface area contributed by atoms with Crippen LogP contribution in [-0.2, 0) is 0 Å². The van der Waals surface area contributed by atoms with Gasteiger partial charge in [0.2, 0.25) is 0 Å². The Morgan fingerprint density at radius 3 is 2.44 bits per heavy atom. The monoisotopic (exact) mass is 217 g/mol. The predicted molar refractivity (Wildman–Crippen MR) is 71.0 cm³/mol. The Morgan fingerprint density at radius 1 is 1.25 bits per heavy atom. The largest absolute Gasteiger partial charge is 0.377 e. The number of hydrogen-bond acceptors (Lipinski definition) is 1. The van der Waals surface area contributed by atoms with Crippen molar-refractivity contribution in [2.45, 2.75) is 6.92 Å². The molecule has 0 radical (unpaired) electrons. The van der Waals surface area contributed by atoms with Gasteiger partial charge in [0.25, 0.3) is 0 Å². The Morgan fingerprint density at radius 2 is 1.94 bits per heavy atom. The van der Waals surface area contributed by atoms with Crippen molar-refractivity contribution >= 4 is 11.9 Å². The first-order chi connectivity index (χ1) is 7.50. The first-order valence-electron chi connectivity index (χ1n) is 5.46. The average molecular weight is 217 g/mol. The topological polar surface area (TPSA) is 6.25 Å². The van der Waals surface area contributed by atoms with Crippen LogP contribution < -0.4 is 0 Å². The lowest BCUT2D eigenvalue weighted by Crippen LogP contribution is -2.11. The molecule has 0 saturated heterocycles. The van der Waals surface area contributed by atoms with E-state index in [1.54, 1.807) is 0 Å². The Labute approximate surface area is 98.5 Å². The fourth-order valence-electron chi connectivity index (χ4n) is 1.53. The Hall–Kier alpha value is -1.57. The molecule has 1 rings (SSSR count). The molecule has 0 saturated carbocycles. The summed E-state index contributed by atoms with van der Waals surface area (Å²) in [5.41, 5.74) is 3.76. The highest BCUT2D eigenvalue weighted by atomic mass is 15.1. The molecule has 0 aliphatic carbocycles. The van der Waals surface area contributed by atoms with Gasteiger partial charge in [-0.1, -0.05) is 23.8 Å². The summed E-state index contributed by atoms with van der Waals surface area (Å²) < 4.78 is 2.04. The van der Waals surface area contributed by atoms with Crippen LogP contribution in [0.3, 0.4) is 0 Å². The van der Waals surface area contributed by atoms with Gasteiger partial charge in [-0.15, -0.1) is 0 Å². The second-order valence-corrected chi connectivity index (χ2v) is 4.43. The van der Waals surface area contributed by atoms with E-state index in [4.69, 9.17) is 0 Å². The van der Waals surface area contributed by atoms with E-state index in [1.165, 1.54) is 16.8 Å². The number of hydrogen-bond donors (Lipinski definition) is 0. The van der Waals surface area contributed by atoms with Crippen LogP contribution in [0.15, 0.2) is 30.3 Å². The molecule has 0 heterocycles. The lowest BCUT2D eigenvalue weighted by molar-refractivity contribution is -0.458. The van der Waals surface area contributed by atoms with E-state index < -0.39 is 0 Å². The maximum Gasteiger partial charge on any atom is 0.164 e. The number of aryl methyl sites for hydroxylation is 1. The zero-order valence-electron chi connectivity index (χ0n) is 10.9. The normalized spacial score (nSPS) is 11.2. The van der Waals surface area contributed by atoms with Crippen molar-refractivity contribution in [2.24, 2.45) is 0 Å². The van der Waals surface area contributed by atoms with Crippen LogP contribution >= 0.6 is 0 Å². The third kappa shape index (κ3) is 3.54. The van der Waals surface area contributed by atoms with E-state index in [-0.39, 0.29) is 0 Å². The van der Waals surface area contributed by atoms with Crippen molar-refractivity contribution in [2.75, 3.05) is 28.2 Å². The van der Waals surface area contributed by atoms with Crippen molar-refractivity contribution in [3.63, 3.8) is 0 Å². The number of benzene rings is 1. The predicted octanol–water partition coefficient (Wildman–Crippen LogP) is 2.24. The molecule has 2 nitrogen and oxygen atoms in total. The minimum Gasteiger partial charge on any atom is -0.377 e. The molecule has 0 bridgehead atoms. The smallest absolute Gasteiger partial charge is 0.164 e. The van der Waals surface area contributed by atoms with Crippen molar-refractivity contribution in [1.29, 1.82) is 0 Å². The molecule has 2 heteroatoms. The molecule has 0 aliphatic heterocycles. The quantitative estimate of drug-likeness (QED) is 0.556. The Balaban J connectivity index is 3.13. The minimum absolute atomic E-state index is 1.22. The molecule has 0 aliphatic rings. The summed E-state index contributed by atoms with van der Waals surface area (Å²) in [5, 5.41) is 0.